The van der Waals surface area contributed by atoms with Crippen molar-refractivity contribution in [3.05, 3.63) is 35.9 Å². The first kappa shape index (κ1) is 11.6. The molecule has 1 unspecified atom stereocenters. The SMILES string of the molecule is O=C1NC(=O)N(Cc2ccccc2)C(=O)C1Cl. The van der Waals surface area contributed by atoms with Gasteiger partial charge in [-0.15, -0.1) is 11.6 Å². The maximum Gasteiger partial charge on any atom is 0.331 e. The van der Waals surface area contributed by atoms with Crippen molar-refractivity contribution in [3.8, 4) is 0 Å². The Morgan fingerprint density at radius 2 is 1.82 bits per heavy atom. The number of urea groups is 1. The number of hydrogen-bond donors (Lipinski definition) is 1. The molecule has 0 radical (unpaired) electrons. The van der Waals surface area contributed by atoms with E-state index >= 15 is 0 Å². The molecule has 1 heterocycles. The first-order chi connectivity index (χ1) is 8.09. The third kappa shape index (κ3) is 2.29. The molecule has 1 atom stereocenters. The Bertz CT molecular complexity index is 475. The molecule has 4 amide bonds. The highest BCUT2D eigenvalue weighted by Gasteiger charge is 2.38. The molecule has 0 aliphatic carbocycles. The number of imide groups is 2. The summed E-state index contributed by atoms with van der Waals surface area (Å²) in [6.45, 7) is 0.0992. The van der Waals surface area contributed by atoms with Crippen LogP contribution >= 0.6 is 11.6 Å². The van der Waals surface area contributed by atoms with Crippen molar-refractivity contribution in [2.24, 2.45) is 0 Å². The van der Waals surface area contributed by atoms with Crippen LogP contribution in [0, 0.1) is 0 Å². The number of carbonyl (C=O) groups is 3. The molecular weight excluding hydrogens is 244 g/mol. The number of rotatable bonds is 2. The second kappa shape index (κ2) is 4.55. The zero-order valence-corrected chi connectivity index (χ0v) is 9.48. The summed E-state index contributed by atoms with van der Waals surface area (Å²) in [5.41, 5.74) is 0.786. The van der Waals surface area contributed by atoms with Crippen LogP contribution in [-0.2, 0) is 16.1 Å². The predicted molar refractivity (Wildman–Crippen MR) is 60.2 cm³/mol. The van der Waals surface area contributed by atoms with Gasteiger partial charge in [0.1, 0.15) is 0 Å². The van der Waals surface area contributed by atoms with Gasteiger partial charge in [0.2, 0.25) is 0 Å². The van der Waals surface area contributed by atoms with Gasteiger partial charge >= 0.3 is 6.03 Å². The number of nitrogens with zero attached hydrogens (tertiary/aromatic N) is 1. The largest absolute Gasteiger partial charge is 0.331 e. The number of nitrogens with one attached hydrogen (secondary N) is 1. The molecule has 1 aromatic carbocycles. The van der Waals surface area contributed by atoms with Crippen molar-refractivity contribution in [2.45, 2.75) is 11.9 Å². The van der Waals surface area contributed by atoms with Crippen LogP contribution in [0.4, 0.5) is 4.79 Å². The Kier molecular flexibility index (Phi) is 3.10. The number of alkyl halides is 1. The van der Waals surface area contributed by atoms with E-state index in [0.717, 1.165) is 10.5 Å². The lowest BCUT2D eigenvalue weighted by atomic mass is 10.2. The van der Waals surface area contributed by atoms with Crippen LogP contribution in [0.5, 0.6) is 0 Å². The fourth-order valence-corrected chi connectivity index (χ4v) is 1.67. The molecule has 0 saturated carbocycles. The molecule has 6 heteroatoms. The summed E-state index contributed by atoms with van der Waals surface area (Å²) in [5, 5.41) is 0.688. The Hall–Kier alpha value is -1.88. The van der Waals surface area contributed by atoms with Crippen molar-refractivity contribution in [1.82, 2.24) is 10.2 Å². The van der Waals surface area contributed by atoms with Crippen LogP contribution < -0.4 is 5.32 Å². The third-order valence-electron chi connectivity index (χ3n) is 2.37. The molecule has 0 bridgehead atoms. The van der Waals surface area contributed by atoms with E-state index < -0.39 is 23.2 Å². The Labute approximate surface area is 102 Å². The molecule has 5 nitrogen and oxygen atoms in total. The predicted octanol–water partition coefficient (Wildman–Crippen LogP) is 0.872. The van der Waals surface area contributed by atoms with Gasteiger partial charge in [-0.05, 0) is 5.56 Å². The van der Waals surface area contributed by atoms with E-state index in [9.17, 15) is 14.4 Å². The van der Waals surface area contributed by atoms with Crippen LogP contribution in [0.3, 0.4) is 0 Å². The summed E-state index contributed by atoms with van der Waals surface area (Å²) >= 11 is 5.59. The lowest BCUT2D eigenvalue weighted by Crippen LogP contribution is -2.58. The molecule has 17 heavy (non-hydrogen) atoms. The van der Waals surface area contributed by atoms with Crippen LogP contribution in [0.2, 0.25) is 0 Å². The van der Waals surface area contributed by atoms with Gasteiger partial charge in [-0.2, -0.15) is 0 Å². The minimum Gasteiger partial charge on any atom is -0.276 e. The van der Waals surface area contributed by atoms with Crippen LogP contribution in [0.25, 0.3) is 0 Å². The van der Waals surface area contributed by atoms with E-state index in [1.165, 1.54) is 0 Å². The molecule has 2 rings (SSSR count). The standard InChI is InChI=1S/C11H9ClN2O3/c12-8-9(15)13-11(17)14(10(8)16)6-7-4-2-1-3-5-7/h1-5,8H,6H2,(H,13,15,17). The quantitative estimate of drug-likeness (QED) is 0.627. The molecule has 1 fully saturated rings. The normalized spacial score (nSPS) is 20.4. The van der Waals surface area contributed by atoms with E-state index in [-0.39, 0.29) is 6.54 Å². The van der Waals surface area contributed by atoms with Gasteiger partial charge in [-0.3, -0.25) is 19.8 Å². The summed E-state index contributed by atoms with van der Waals surface area (Å²) in [6.07, 6.45) is 0. The number of carbonyl (C=O) groups excluding carboxylic acids is 3. The monoisotopic (exact) mass is 252 g/mol. The number of amides is 4. The smallest absolute Gasteiger partial charge is 0.276 e. The third-order valence-corrected chi connectivity index (χ3v) is 2.76. The molecule has 1 aliphatic rings. The highest BCUT2D eigenvalue weighted by molar-refractivity contribution is 6.44. The average molecular weight is 253 g/mol. The van der Waals surface area contributed by atoms with Gasteiger partial charge in [0, 0.05) is 0 Å². The van der Waals surface area contributed by atoms with E-state index in [0.29, 0.717) is 0 Å². The number of benzene rings is 1. The molecular formula is C11H9ClN2O3. The molecule has 1 N–H and O–H groups in total. The fourth-order valence-electron chi connectivity index (χ4n) is 1.50. The van der Waals surface area contributed by atoms with Gasteiger partial charge < -0.3 is 0 Å². The van der Waals surface area contributed by atoms with Crippen molar-refractivity contribution < 1.29 is 14.4 Å². The minimum atomic E-state index is -1.34. The van der Waals surface area contributed by atoms with Gasteiger partial charge in [0.25, 0.3) is 11.8 Å². The lowest BCUT2D eigenvalue weighted by molar-refractivity contribution is -0.136. The zero-order valence-electron chi connectivity index (χ0n) is 8.72. The molecule has 0 spiro atoms. The molecule has 0 aromatic heterocycles. The van der Waals surface area contributed by atoms with Gasteiger partial charge in [-0.1, -0.05) is 30.3 Å². The lowest BCUT2D eigenvalue weighted by Gasteiger charge is -2.27. The van der Waals surface area contributed by atoms with Crippen molar-refractivity contribution in [1.29, 1.82) is 0 Å². The van der Waals surface area contributed by atoms with Crippen molar-refractivity contribution in [3.63, 3.8) is 0 Å². The van der Waals surface area contributed by atoms with Crippen LogP contribution in [0.15, 0.2) is 30.3 Å². The maximum absolute atomic E-state index is 11.7. The molecule has 88 valence electrons. The van der Waals surface area contributed by atoms with Gasteiger partial charge in [0.15, 0.2) is 5.38 Å². The zero-order chi connectivity index (χ0) is 12.4. The average Bonchev–Trinajstić information content (AvgIpc) is 2.33. The Morgan fingerprint density at radius 1 is 1.18 bits per heavy atom. The van der Waals surface area contributed by atoms with Gasteiger partial charge in [0.05, 0.1) is 6.54 Å². The summed E-state index contributed by atoms with van der Waals surface area (Å²) in [6, 6.07) is 8.24. The minimum absolute atomic E-state index is 0.0992. The van der Waals surface area contributed by atoms with Gasteiger partial charge in [-0.25, -0.2) is 4.79 Å². The Balaban J connectivity index is 2.18. The second-order valence-corrected chi connectivity index (χ2v) is 4.00. The summed E-state index contributed by atoms with van der Waals surface area (Å²) in [7, 11) is 0. The summed E-state index contributed by atoms with van der Waals surface area (Å²) in [4.78, 5) is 35.2. The van der Waals surface area contributed by atoms with Crippen molar-refractivity contribution in [2.75, 3.05) is 0 Å². The number of barbiturate groups is 1. The summed E-state index contributed by atoms with van der Waals surface area (Å²) < 4.78 is 0. The molecule has 1 aromatic rings. The summed E-state index contributed by atoms with van der Waals surface area (Å²) in [5.74, 6) is -1.46. The number of hydrogen-bond acceptors (Lipinski definition) is 3. The van der Waals surface area contributed by atoms with Crippen molar-refractivity contribution >= 4 is 29.4 Å². The molecule has 1 aliphatic heterocycles. The van der Waals surface area contributed by atoms with E-state index in [2.05, 4.69) is 0 Å². The second-order valence-electron chi connectivity index (χ2n) is 3.57. The highest BCUT2D eigenvalue weighted by Crippen LogP contribution is 2.13. The molecule has 1 saturated heterocycles. The number of halogens is 1. The van der Waals surface area contributed by atoms with Crippen LogP contribution in [0.1, 0.15) is 5.56 Å². The highest BCUT2D eigenvalue weighted by atomic mass is 35.5. The van der Waals surface area contributed by atoms with Crippen LogP contribution in [-0.4, -0.2) is 28.1 Å². The van der Waals surface area contributed by atoms with E-state index in [4.69, 9.17) is 11.6 Å². The Morgan fingerprint density at radius 3 is 2.47 bits per heavy atom. The maximum atomic E-state index is 11.7. The first-order valence-electron chi connectivity index (χ1n) is 4.94. The van der Waals surface area contributed by atoms with E-state index in [1.807, 2.05) is 11.4 Å². The van der Waals surface area contributed by atoms with E-state index in [1.54, 1.807) is 24.3 Å². The fraction of sp³-hybridized carbons (Fsp3) is 0.182. The topological polar surface area (TPSA) is 66.5 Å². The first-order valence-corrected chi connectivity index (χ1v) is 5.37.